The first-order valence-electron chi connectivity index (χ1n) is 6.10. The van der Waals surface area contributed by atoms with Crippen molar-refractivity contribution >= 4 is 11.7 Å². The van der Waals surface area contributed by atoms with Gasteiger partial charge < -0.3 is 10.7 Å². The summed E-state index contributed by atoms with van der Waals surface area (Å²) in [4.78, 5) is 16.1. The summed E-state index contributed by atoms with van der Waals surface area (Å²) in [6.07, 6.45) is 0. The van der Waals surface area contributed by atoms with Gasteiger partial charge in [-0.1, -0.05) is 18.2 Å². The lowest BCUT2D eigenvalue weighted by Gasteiger charge is -2.14. The molecule has 4 N–H and O–H groups in total. The zero-order chi connectivity index (χ0) is 14.5. The number of aromatic nitrogens is 1. The van der Waals surface area contributed by atoms with E-state index in [1.807, 2.05) is 6.92 Å². The molecule has 0 saturated carbocycles. The third kappa shape index (κ3) is 3.30. The average Bonchev–Trinajstić information content (AvgIpc) is 2.47. The number of pyridine rings is 1. The maximum atomic E-state index is 12.8. The highest BCUT2D eigenvalue weighted by Gasteiger charge is 2.12. The van der Waals surface area contributed by atoms with Crippen LogP contribution in [0.1, 0.15) is 29.0 Å². The van der Waals surface area contributed by atoms with Gasteiger partial charge >= 0.3 is 0 Å². The largest absolute Gasteiger partial charge is 0.344 e. The van der Waals surface area contributed by atoms with Crippen LogP contribution in [0, 0.1) is 5.82 Å². The maximum absolute atomic E-state index is 12.8. The molecule has 0 aliphatic heterocycles. The molecule has 0 aliphatic carbocycles. The number of nitrogens with one attached hydrogen (secondary N) is 2. The third-order valence-electron chi connectivity index (χ3n) is 2.85. The number of carbonyl (C=O) groups is 1. The zero-order valence-corrected chi connectivity index (χ0v) is 10.9. The molecule has 6 heteroatoms. The van der Waals surface area contributed by atoms with Crippen molar-refractivity contribution < 1.29 is 9.18 Å². The van der Waals surface area contributed by atoms with E-state index in [1.54, 1.807) is 30.3 Å². The van der Waals surface area contributed by atoms with Crippen LogP contribution in [0.15, 0.2) is 42.5 Å². The lowest BCUT2D eigenvalue weighted by molar-refractivity contribution is 0.0935. The van der Waals surface area contributed by atoms with Crippen molar-refractivity contribution in [1.29, 1.82) is 0 Å². The second-order valence-electron chi connectivity index (χ2n) is 4.30. The second-order valence-corrected chi connectivity index (χ2v) is 4.30. The molecule has 0 radical (unpaired) electrons. The minimum atomic E-state index is -0.320. The van der Waals surface area contributed by atoms with Gasteiger partial charge in [0, 0.05) is 0 Å². The van der Waals surface area contributed by atoms with Gasteiger partial charge in [-0.2, -0.15) is 0 Å². The quantitative estimate of drug-likeness (QED) is 0.588. The topological polar surface area (TPSA) is 80.0 Å². The Morgan fingerprint density at radius 1 is 1.25 bits per heavy atom. The highest BCUT2D eigenvalue weighted by atomic mass is 19.1. The number of carbonyl (C=O) groups excluding carboxylic acids is 1. The Balaban J connectivity index is 2.08. The number of benzene rings is 1. The highest BCUT2D eigenvalue weighted by molar-refractivity contribution is 5.92. The van der Waals surface area contributed by atoms with Crippen molar-refractivity contribution in [2.24, 2.45) is 5.84 Å². The summed E-state index contributed by atoms with van der Waals surface area (Å²) in [6, 6.07) is 10.6. The molecule has 2 aromatic rings. The zero-order valence-electron chi connectivity index (χ0n) is 10.9. The van der Waals surface area contributed by atoms with Crippen LogP contribution in [0.5, 0.6) is 0 Å². The van der Waals surface area contributed by atoms with Crippen LogP contribution in [0.4, 0.5) is 10.2 Å². The Bertz CT molecular complexity index is 600. The van der Waals surface area contributed by atoms with Crippen molar-refractivity contribution in [2.45, 2.75) is 13.0 Å². The Labute approximate surface area is 116 Å². The molecule has 0 aliphatic rings. The van der Waals surface area contributed by atoms with Gasteiger partial charge in [0.05, 0.1) is 6.04 Å². The van der Waals surface area contributed by atoms with Gasteiger partial charge in [0.1, 0.15) is 17.3 Å². The standard InChI is InChI=1S/C14H15FN4O/c1-9(10-5-7-11(15)8-6-10)17-14(20)12-3-2-4-13(18-12)19-16/h2-9H,16H2,1H3,(H,17,20)(H,18,19). The number of amides is 1. The minimum absolute atomic E-state index is 0.251. The molecule has 0 bridgehead atoms. The number of halogens is 1. The van der Waals surface area contributed by atoms with Crippen LogP contribution >= 0.6 is 0 Å². The smallest absolute Gasteiger partial charge is 0.270 e. The van der Waals surface area contributed by atoms with E-state index in [2.05, 4.69) is 15.7 Å². The van der Waals surface area contributed by atoms with E-state index in [9.17, 15) is 9.18 Å². The van der Waals surface area contributed by atoms with Crippen LogP contribution in [-0.2, 0) is 0 Å². The summed E-state index contributed by atoms with van der Waals surface area (Å²) in [7, 11) is 0. The molecule has 2 rings (SSSR count). The molecule has 1 unspecified atom stereocenters. The van der Waals surface area contributed by atoms with Crippen LogP contribution in [0.3, 0.4) is 0 Å². The molecule has 1 aromatic carbocycles. The van der Waals surface area contributed by atoms with Crippen molar-refractivity contribution in [3.8, 4) is 0 Å². The van der Waals surface area contributed by atoms with E-state index in [-0.39, 0.29) is 23.5 Å². The lowest BCUT2D eigenvalue weighted by atomic mass is 10.1. The fourth-order valence-corrected chi connectivity index (χ4v) is 1.75. The van der Waals surface area contributed by atoms with Crippen LogP contribution < -0.4 is 16.6 Å². The Hall–Kier alpha value is -2.47. The molecule has 1 atom stereocenters. The summed E-state index contributed by atoms with van der Waals surface area (Å²) in [6.45, 7) is 1.82. The Kier molecular flexibility index (Phi) is 4.27. The lowest BCUT2D eigenvalue weighted by Crippen LogP contribution is -2.27. The summed E-state index contributed by atoms with van der Waals surface area (Å²) in [5, 5.41) is 2.79. The highest BCUT2D eigenvalue weighted by Crippen LogP contribution is 2.13. The van der Waals surface area contributed by atoms with Gasteiger partial charge in [-0.25, -0.2) is 15.2 Å². The van der Waals surface area contributed by atoms with Gasteiger partial charge in [0.15, 0.2) is 0 Å². The van der Waals surface area contributed by atoms with Crippen LogP contribution in [-0.4, -0.2) is 10.9 Å². The molecule has 20 heavy (non-hydrogen) atoms. The van der Waals surface area contributed by atoms with Crippen molar-refractivity contribution in [3.63, 3.8) is 0 Å². The minimum Gasteiger partial charge on any atom is -0.344 e. The number of anilines is 1. The van der Waals surface area contributed by atoms with Gasteiger partial charge in [-0.15, -0.1) is 0 Å². The van der Waals surface area contributed by atoms with Gasteiger partial charge in [-0.3, -0.25) is 4.79 Å². The molecule has 1 aromatic heterocycles. The number of rotatable bonds is 4. The molecule has 0 fully saturated rings. The number of hydrogen-bond acceptors (Lipinski definition) is 4. The SMILES string of the molecule is CC(NC(=O)c1cccc(NN)n1)c1ccc(F)cc1. The predicted molar refractivity (Wildman–Crippen MR) is 74.3 cm³/mol. The first-order chi connectivity index (χ1) is 9.60. The maximum Gasteiger partial charge on any atom is 0.270 e. The fourth-order valence-electron chi connectivity index (χ4n) is 1.75. The van der Waals surface area contributed by atoms with Gasteiger partial charge in [-0.05, 0) is 36.8 Å². The first kappa shape index (κ1) is 14.0. The van der Waals surface area contributed by atoms with E-state index in [0.717, 1.165) is 5.56 Å². The molecule has 104 valence electrons. The molecule has 5 nitrogen and oxygen atoms in total. The third-order valence-corrected chi connectivity index (χ3v) is 2.85. The predicted octanol–water partition coefficient (Wildman–Crippen LogP) is 2.00. The van der Waals surface area contributed by atoms with Crippen molar-refractivity contribution in [2.75, 3.05) is 5.43 Å². The molecule has 0 saturated heterocycles. The second kappa shape index (κ2) is 6.12. The number of hydrazine groups is 1. The van der Waals surface area contributed by atoms with Crippen LogP contribution in [0.25, 0.3) is 0 Å². The molecular weight excluding hydrogens is 259 g/mol. The van der Waals surface area contributed by atoms with Crippen molar-refractivity contribution in [1.82, 2.24) is 10.3 Å². The molecule has 0 spiro atoms. The fraction of sp³-hybridized carbons (Fsp3) is 0.143. The summed E-state index contributed by atoms with van der Waals surface area (Å²) < 4.78 is 12.8. The van der Waals surface area contributed by atoms with E-state index >= 15 is 0 Å². The number of hydrogen-bond donors (Lipinski definition) is 3. The molecule has 1 heterocycles. The molecular formula is C14H15FN4O. The monoisotopic (exact) mass is 274 g/mol. The number of nitrogens with zero attached hydrogens (tertiary/aromatic N) is 1. The Morgan fingerprint density at radius 2 is 1.95 bits per heavy atom. The van der Waals surface area contributed by atoms with Gasteiger partial charge in [0.25, 0.3) is 5.91 Å². The van der Waals surface area contributed by atoms with Crippen molar-refractivity contribution in [3.05, 3.63) is 59.5 Å². The van der Waals surface area contributed by atoms with Gasteiger partial charge in [0.2, 0.25) is 0 Å². The summed E-state index contributed by atoms with van der Waals surface area (Å²) >= 11 is 0. The normalized spacial score (nSPS) is 11.8. The first-order valence-corrected chi connectivity index (χ1v) is 6.10. The molecule has 1 amide bonds. The van der Waals surface area contributed by atoms with E-state index < -0.39 is 0 Å². The summed E-state index contributed by atoms with van der Waals surface area (Å²) in [5.41, 5.74) is 3.45. The van der Waals surface area contributed by atoms with E-state index in [4.69, 9.17) is 5.84 Å². The van der Waals surface area contributed by atoms with Crippen LogP contribution in [0.2, 0.25) is 0 Å². The average molecular weight is 274 g/mol. The van der Waals surface area contributed by atoms with E-state index in [1.165, 1.54) is 12.1 Å². The Morgan fingerprint density at radius 3 is 2.60 bits per heavy atom. The summed E-state index contributed by atoms with van der Waals surface area (Å²) in [5.74, 6) is 5.02. The van der Waals surface area contributed by atoms with E-state index in [0.29, 0.717) is 5.82 Å². The number of nitrogen functional groups attached to an aromatic ring is 1. The number of nitrogens with two attached hydrogens (primary N) is 1.